The molecule has 1 aliphatic rings. The molecule has 0 spiro atoms. The average molecular weight is 353 g/mol. The number of nitrogens with zero attached hydrogens (tertiary/aromatic N) is 1. The maximum Gasteiger partial charge on any atom is 0.251 e. The Balaban J connectivity index is 1.79. The zero-order chi connectivity index (χ0) is 15.2. The largest absolute Gasteiger partial charge is 0.352 e. The number of rotatable bonds is 5. The van der Waals surface area contributed by atoms with Gasteiger partial charge >= 0.3 is 0 Å². The van der Waals surface area contributed by atoms with Crippen molar-refractivity contribution in [3.8, 4) is 0 Å². The molecule has 0 saturated carbocycles. The van der Waals surface area contributed by atoms with Crippen LogP contribution in [-0.4, -0.2) is 37.0 Å². The van der Waals surface area contributed by atoms with E-state index in [1.54, 1.807) is 0 Å². The Bertz CT molecular complexity index is 463. The van der Waals surface area contributed by atoms with Crippen molar-refractivity contribution in [3.63, 3.8) is 0 Å². The lowest BCUT2D eigenvalue weighted by Crippen LogP contribution is -2.38. The highest BCUT2D eigenvalue weighted by Gasteiger charge is 2.14. The van der Waals surface area contributed by atoms with Crippen LogP contribution in [0.3, 0.4) is 0 Å². The number of hydrogen-bond acceptors (Lipinski definition) is 2. The molecular weight excluding hydrogens is 328 g/mol. The predicted octanol–water partition coefficient (Wildman–Crippen LogP) is 3.61. The van der Waals surface area contributed by atoms with Crippen LogP contribution in [0.4, 0.5) is 0 Å². The van der Waals surface area contributed by atoms with Crippen molar-refractivity contribution in [2.45, 2.75) is 33.1 Å². The molecule has 0 aliphatic carbocycles. The first-order chi connectivity index (χ1) is 10.0. The number of hydrogen-bond donors (Lipinski definition) is 1. The minimum absolute atomic E-state index is 0.0184. The third kappa shape index (κ3) is 5.44. The van der Waals surface area contributed by atoms with Gasteiger partial charge in [0.25, 0.3) is 5.91 Å². The minimum atomic E-state index is 0.0184. The Morgan fingerprint density at radius 1 is 1.29 bits per heavy atom. The SMILES string of the molecule is Cc1cc(Br)cc(C(=O)NCC(C)CN2CCCCC2)c1. The second-order valence-corrected chi connectivity index (χ2v) is 7.11. The Hall–Kier alpha value is -0.870. The number of benzene rings is 1. The van der Waals surface area contributed by atoms with Crippen LogP contribution in [0.5, 0.6) is 0 Å². The minimum Gasteiger partial charge on any atom is -0.352 e. The van der Waals surface area contributed by atoms with Gasteiger partial charge in [0.2, 0.25) is 0 Å². The van der Waals surface area contributed by atoms with E-state index in [-0.39, 0.29) is 5.91 Å². The maximum absolute atomic E-state index is 12.2. The summed E-state index contributed by atoms with van der Waals surface area (Å²) in [6.07, 6.45) is 4.00. The summed E-state index contributed by atoms with van der Waals surface area (Å²) in [5.41, 5.74) is 1.82. The predicted molar refractivity (Wildman–Crippen MR) is 90.7 cm³/mol. The highest BCUT2D eigenvalue weighted by Crippen LogP contribution is 2.15. The topological polar surface area (TPSA) is 32.3 Å². The number of carbonyl (C=O) groups excluding carboxylic acids is 1. The van der Waals surface area contributed by atoms with E-state index < -0.39 is 0 Å². The van der Waals surface area contributed by atoms with Crippen LogP contribution >= 0.6 is 15.9 Å². The van der Waals surface area contributed by atoms with Crippen LogP contribution in [0.15, 0.2) is 22.7 Å². The lowest BCUT2D eigenvalue weighted by molar-refractivity contribution is 0.0942. The Labute approximate surface area is 136 Å². The fraction of sp³-hybridized carbons (Fsp3) is 0.588. The summed E-state index contributed by atoms with van der Waals surface area (Å²) in [6.45, 7) is 8.45. The smallest absolute Gasteiger partial charge is 0.251 e. The molecule has 1 fully saturated rings. The van der Waals surface area contributed by atoms with Gasteiger partial charge in [0.05, 0.1) is 0 Å². The standard InChI is InChI=1S/C17H25BrN2O/c1-13-8-15(10-16(18)9-13)17(21)19-11-14(2)12-20-6-4-3-5-7-20/h8-10,14H,3-7,11-12H2,1-2H3,(H,19,21). The quantitative estimate of drug-likeness (QED) is 0.877. The lowest BCUT2D eigenvalue weighted by atomic mass is 10.1. The molecule has 0 bridgehead atoms. The maximum atomic E-state index is 12.2. The van der Waals surface area contributed by atoms with Gasteiger partial charge in [0.1, 0.15) is 0 Å². The van der Waals surface area contributed by atoms with E-state index in [0.29, 0.717) is 5.92 Å². The zero-order valence-corrected chi connectivity index (χ0v) is 14.6. The van der Waals surface area contributed by atoms with E-state index in [4.69, 9.17) is 0 Å². The normalized spacial score (nSPS) is 17.5. The molecule has 1 aliphatic heterocycles. The highest BCUT2D eigenvalue weighted by atomic mass is 79.9. The molecule has 0 radical (unpaired) electrons. The number of piperidine rings is 1. The van der Waals surface area contributed by atoms with Crippen molar-refractivity contribution in [2.75, 3.05) is 26.2 Å². The average Bonchev–Trinajstić information content (AvgIpc) is 2.45. The summed E-state index contributed by atoms with van der Waals surface area (Å²) in [7, 11) is 0. The molecule has 1 amide bonds. The highest BCUT2D eigenvalue weighted by molar-refractivity contribution is 9.10. The van der Waals surface area contributed by atoms with Gasteiger partial charge in [-0.25, -0.2) is 0 Å². The molecule has 3 nitrogen and oxygen atoms in total. The molecule has 2 rings (SSSR count). The zero-order valence-electron chi connectivity index (χ0n) is 13.0. The third-order valence-electron chi connectivity index (χ3n) is 3.93. The molecule has 1 heterocycles. The molecule has 1 N–H and O–H groups in total. The van der Waals surface area contributed by atoms with Crippen molar-refractivity contribution in [3.05, 3.63) is 33.8 Å². The Kier molecular flexibility index (Phi) is 6.24. The van der Waals surface area contributed by atoms with Crippen molar-refractivity contribution in [1.82, 2.24) is 10.2 Å². The Morgan fingerprint density at radius 3 is 2.67 bits per heavy atom. The fourth-order valence-corrected chi connectivity index (χ4v) is 3.49. The second kappa shape index (κ2) is 7.95. The van der Waals surface area contributed by atoms with Crippen molar-refractivity contribution in [1.29, 1.82) is 0 Å². The lowest BCUT2D eigenvalue weighted by Gasteiger charge is -2.29. The summed E-state index contributed by atoms with van der Waals surface area (Å²) < 4.78 is 0.953. The van der Waals surface area contributed by atoms with Gasteiger partial charge in [-0.15, -0.1) is 0 Å². The third-order valence-corrected chi connectivity index (χ3v) is 4.39. The van der Waals surface area contributed by atoms with Crippen LogP contribution in [0.25, 0.3) is 0 Å². The van der Waals surface area contributed by atoms with E-state index in [1.807, 2.05) is 25.1 Å². The van der Waals surface area contributed by atoms with E-state index in [2.05, 4.69) is 33.1 Å². The number of aryl methyl sites for hydroxylation is 1. The number of nitrogens with one attached hydrogen (secondary N) is 1. The molecule has 116 valence electrons. The van der Waals surface area contributed by atoms with Gasteiger partial charge in [-0.3, -0.25) is 4.79 Å². The van der Waals surface area contributed by atoms with Gasteiger partial charge in [0, 0.05) is 23.1 Å². The summed E-state index contributed by atoms with van der Waals surface area (Å²) in [4.78, 5) is 14.7. The number of amides is 1. The van der Waals surface area contributed by atoms with Crippen LogP contribution in [0.2, 0.25) is 0 Å². The molecule has 1 saturated heterocycles. The van der Waals surface area contributed by atoms with Crippen molar-refractivity contribution in [2.24, 2.45) is 5.92 Å². The van der Waals surface area contributed by atoms with Gasteiger partial charge in [0.15, 0.2) is 0 Å². The molecule has 21 heavy (non-hydrogen) atoms. The molecule has 4 heteroatoms. The summed E-state index contributed by atoms with van der Waals surface area (Å²) in [6, 6.07) is 5.81. The van der Waals surface area contributed by atoms with Crippen molar-refractivity contribution >= 4 is 21.8 Å². The number of likely N-dealkylation sites (tertiary alicyclic amines) is 1. The summed E-state index contributed by atoms with van der Waals surface area (Å²) in [5.74, 6) is 0.505. The van der Waals surface area contributed by atoms with Crippen LogP contribution < -0.4 is 5.32 Å². The van der Waals surface area contributed by atoms with Crippen LogP contribution in [-0.2, 0) is 0 Å². The number of halogens is 1. The van der Waals surface area contributed by atoms with Gasteiger partial charge < -0.3 is 10.2 Å². The number of carbonyl (C=O) groups is 1. The fourth-order valence-electron chi connectivity index (χ4n) is 2.88. The van der Waals surface area contributed by atoms with E-state index >= 15 is 0 Å². The first-order valence-corrected chi connectivity index (χ1v) is 8.61. The van der Waals surface area contributed by atoms with Crippen LogP contribution in [0.1, 0.15) is 42.1 Å². The van der Waals surface area contributed by atoms with Gasteiger partial charge in [-0.05, 0) is 62.5 Å². The Morgan fingerprint density at radius 2 is 2.00 bits per heavy atom. The molecular formula is C17H25BrN2O. The molecule has 1 aromatic rings. The molecule has 0 aromatic heterocycles. The summed E-state index contributed by atoms with van der Waals surface area (Å²) >= 11 is 3.44. The first kappa shape index (κ1) is 16.5. The van der Waals surface area contributed by atoms with E-state index in [9.17, 15) is 4.79 Å². The molecule has 1 unspecified atom stereocenters. The second-order valence-electron chi connectivity index (χ2n) is 6.19. The van der Waals surface area contributed by atoms with E-state index in [1.165, 1.54) is 32.4 Å². The first-order valence-electron chi connectivity index (χ1n) is 7.82. The van der Waals surface area contributed by atoms with Gasteiger partial charge in [-0.2, -0.15) is 0 Å². The molecule has 1 atom stereocenters. The monoisotopic (exact) mass is 352 g/mol. The van der Waals surface area contributed by atoms with E-state index in [0.717, 1.165) is 28.7 Å². The van der Waals surface area contributed by atoms with Gasteiger partial charge in [-0.1, -0.05) is 29.3 Å². The van der Waals surface area contributed by atoms with Crippen LogP contribution in [0, 0.1) is 12.8 Å². The molecule has 1 aromatic carbocycles. The summed E-state index contributed by atoms with van der Waals surface area (Å²) in [5, 5.41) is 3.06. The van der Waals surface area contributed by atoms with Crippen molar-refractivity contribution < 1.29 is 4.79 Å².